The van der Waals surface area contributed by atoms with Gasteiger partial charge in [0.1, 0.15) is 0 Å². The van der Waals surface area contributed by atoms with E-state index in [1.807, 2.05) is 13.8 Å². The lowest BCUT2D eigenvalue weighted by Crippen LogP contribution is -2.10. The first-order valence-electron chi connectivity index (χ1n) is 3.06. The van der Waals surface area contributed by atoms with Crippen molar-refractivity contribution in [3.63, 3.8) is 0 Å². The van der Waals surface area contributed by atoms with Crippen LogP contribution in [-0.2, 0) is 9.53 Å². The molecule has 0 aromatic heterocycles. The summed E-state index contributed by atoms with van der Waals surface area (Å²) in [6.45, 7) is 7.09. The van der Waals surface area contributed by atoms with Crippen LogP contribution in [0.2, 0.25) is 0 Å². The van der Waals surface area contributed by atoms with E-state index in [0.717, 1.165) is 0 Å². The molecule has 58 valence electrons. The lowest BCUT2D eigenvalue weighted by molar-refractivity contribution is -0.133. The highest BCUT2D eigenvalue weighted by molar-refractivity contribution is 5.85. The number of ether oxygens (including phenoxy) is 1. The zero-order chi connectivity index (χ0) is 8.15. The lowest BCUT2D eigenvalue weighted by atomic mass is 10.3. The van der Waals surface area contributed by atoms with E-state index in [0.29, 0.717) is 0 Å². The quantitative estimate of drug-likeness (QED) is 0.600. The van der Waals surface area contributed by atoms with Crippen molar-refractivity contribution in [1.29, 1.82) is 0 Å². The summed E-state index contributed by atoms with van der Waals surface area (Å²) < 4.78 is 4.98. The van der Waals surface area contributed by atoms with Crippen LogP contribution in [0.15, 0.2) is 12.2 Å². The third-order valence-electron chi connectivity index (χ3n) is 0.893. The van der Waals surface area contributed by atoms with E-state index in [1.54, 1.807) is 0 Å². The normalized spacial score (nSPS) is 9.90. The van der Waals surface area contributed by atoms with Crippen molar-refractivity contribution < 1.29 is 14.6 Å². The van der Waals surface area contributed by atoms with Crippen molar-refractivity contribution in [2.75, 3.05) is 6.61 Å². The fourth-order valence-electron chi connectivity index (χ4n) is 0.329. The van der Waals surface area contributed by atoms with Gasteiger partial charge < -0.3 is 9.84 Å². The van der Waals surface area contributed by atoms with Gasteiger partial charge in [0.05, 0.1) is 18.3 Å². The molecule has 0 aliphatic rings. The van der Waals surface area contributed by atoms with Crippen molar-refractivity contribution in [1.82, 2.24) is 0 Å². The molecule has 0 aliphatic heterocycles. The molecule has 3 heteroatoms. The second-order valence-electron chi connectivity index (χ2n) is 2.27. The molecular weight excluding hydrogens is 132 g/mol. The largest absolute Gasteiger partial charge is 0.478 e. The summed E-state index contributed by atoms with van der Waals surface area (Å²) in [5, 5.41) is 8.32. The van der Waals surface area contributed by atoms with Crippen LogP contribution in [0.5, 0.6) is 0 Å². The summed E-state index contributed by atoms with van der Waals surface area (Å²) in [4.78, 5) is 10.1. The number of carbonyl (C=O) groups is 1. The molecule has 0 rings (SSSR count). The number of carboxylic acid groups (broad SMARTS) is 1. The van der Waals surface area contributed by atoms with Crippen LogP contribution >= 0.6 is 0 Å². The number of rotatable bonds is 4. The fraction of sp³-hybridized carbons (Fsp3) is 0.571. The first-order chi connectivity index (χ1) is 4.54. The smallest absolute Gasteiger partial charge is 0.333 e. The van der Waals surface area contributed by atoms with Crippen molar-refractivity contribution in [2.45, 2.75) is 20.0 Å². The Morgan fingerprint density at radius 2 is 2.20 bits per heavy atom. The Balaban J connectivity index is 3.50. The zero-order valence-corrected chi connectivity index (χ0v) is 6.26. The summed E-state index contributed by atoms with van der Waals surface area (Å²) >= 11 is 0. The molecule has 0 heterocycles. The van der Waals surface area contributed by atoms with Crippen LogP contribution in [0.1, 0.15) is 13.8 Å². The second-order valence-corrected chi connectivity index (χ2v) is 2.27. The zero-order valence-electron chi connectivity index (χ0n) is 6.26. The maximum Gasteiger partial charge on any atom is 0.333 e. The summed E-state index contributed by atoms with van der Waals surface area (Å²) in [5.74, 6) is -0.999. The number of hydrogen-bond donors (Lipinski definition) is 1. The summed E-state index contributed by atoms with van der Waals surface area (Å²) in [7, 11) is 0. The van der Waals surface area contributed by atoms with E-state index in [4.69, 9.17) is 9.84 Å². The van der Waals surface area contributed by atoms with Crippen LogP contribution in [0.25, 0.3) is 0 Å². The average Bonchev–Trinajstić information content (AvgIpc) is 1.82. The maximum atomic E-state index is 10.1. The highest BCUT2D eigenvalue weighted by atomic mass is 16.5. The summed E-state index contributed by atoms with van der Waals surface area (Å²) in [6.07, 6.45) is 0.0519. The third-order valence-corrected chi connectivity index (χ3v) is 0.893. The minimum Gasteiger partial charge on any atom is -0.478 e. The highest BCUT2D eigenvalue weighted by Crippen LogP contribution is 1.94. The SMILES string of the molecule is C=C(COC(C)C)C(=O)O. The Kier molecular flexibility index (Phi) is 3.72. The number of aliphatic carboxylic acids is 1. The molecule has 0 fully saturated rings. The predicted molar refractivity (Wildman–Crippen MR) is 37.9 cm³/mol. The number of carboxylic acids is 1. The van der Waals surface area contributed by atoms with E-state index in [-0.39, 0.29) is 18.3 Å². The predicted octanol–water partition coefficient (Wildman–Crippen LogP) is 1.05. The molecule has 0 atom stereocenters. The molecular formula is C7H12O3. The molecule has 0 amide bonds. The van der Waals surface area contributed by atoms with Crippen LogP contribution < -0.4 is 0 Å². The standard InChI is InChI=1S/C7H12O3/c1-5(2)10-4-6(3)7(8)9/h5H,3-4H2,1-2H3,(H,8,9). The first kappa shape index (κ1) is 9.17. The van der Waals surface area contributed by atoms with E-state index in [9.17, 15) is 4.79 Å². The van der Waals surface area contributed by atoms with Crippen LogP contribution in [0.4, 0.5) is 0 Å². The molecule has 10 heavy (non-hydrogen) atoms. The second kappa shape index (κ2) is 4.06. The molecule has 0 saturated carbocycles. The minimum absolute atomic E-state index is 0.0519. The fourth-order valence-corrected chi connectivity index (χ4v) is 0.329. The minimum atomic E-state index is -0.999. The van der Waals surface area contributed by atoms with E-state index in [1.165, 1.54) is 0 Å². The molecule has 0 radical (unpaired) electrons. The van der Waals surface area contributed by atoms with Gasteiger partial charge in [0.15, 0.2) is 0 Å². The molecule has 0 aromatic carbocycles. The lowest BCUT2D eigenvalue weighted by Gasteiger charge is -2.05. The van der Waals surface area contributed by atoms with Gasteiger partial charge in [-0.3, -0.25) is 0 Å². The Bertz CT molecular complexity index is 138. The van der Waals surface area contributed by atoms with Gasteiger partial charge >= 0.3 is 5.97 Å². The van der Waals surface area contributed by atoms with Gasteiger partial charge in [-0.15, -0.1) is 0 Å². The van der Waals surface area contributed by atoms with Crippen LogP contribution in [0.3, 0.4) is 0 Å². The molecule has 0 aromatic rings. The van der Waals surface area contributed by atoms with Crippen molar-refractivity contribution in [2.24, 2.45) is 0 Å². The van der Waals surface area contributed by atoms with Gasteiger partial charge in [-0.2, -0.15) is 0 Å². The monoisotopic (exact) mass is 144 g/mol. The maximum absolute atomic E-state index is 10.1. The molecule has 0 bridgehead atoms. The molecule has 0 saturated heterocycles. The van der Waals surface area contributed by atoms with Gasteiger partial charge in [-0.25, -0.2) is 4.79 Å². The Hall–Kier alpha value is -0.830. The third kappa shape index (κ3) is 4.09. The van der Waals surface area contributed by atoms with Gasteiger partial charge in [0, 0.05) is 0 Å². The van der Waals surface area contributed by atoms with Gasteiger partial charge in [0.25, 0.3) is 0 Å². The van der Waals surface area contributed by atoms with Crippen LogP contribution in [0, 0.1) is 0 Å². The Morgan fingerprint density at radius 1 is 1.70 bits per heavy atom. The van der Waals surface area contributed by atoms with Gasteiger partial charge in [-0.1, -0.05) is 6.58 Å². The average molecular weight is 144 g/mol. The van der Waals surface area contributed by atoms with E-state index >= 15 is 0 Å². The van der Waals surface area contributed by atoms with Crippen molar-refractivity contribution >= 4 is 5.97 Å². The van der Waals surface area contributed by atoms with Gasteiger partial charge in [0.2, 0.25) is 0 Å². The Labute approximate surface area is 60.3 Å². The van der Waals surface area contributed by atoms with Gasteiger partial charge in [-0.05, 0) is 13.8 Å². The molecule has 1 N–H and O–H groups in total. The van der Waals surface area contributed by atoms with Crippen LogP contribution in [-0.4, -0.2) is 23.8 Å². The summed E-state index contributed by atoms with van der Waals surface area (Å²) in [5.41, 5.74) is 0.0914. The van der Waals surface area contributed by atoms with E-state index in [2.05, 4.69) is 6.58 Å². The molecule has 0 spiro atoms. The molecule has 0 aliphatic carbocycles. The molecule has 0 unspecified atom stereocenters. The van der Waals surface area contributed by atoms with Crippen molar-refractivity contribution in [3.05, 3.63) is 12.2 Å². The Morgan fingerprint density at radius 3 is 2.50 bits per heavy atom. The van der Waals surface area contributed by atoms with Crippen molar-refractivity contribution in [3.8, 4) is 0 Å². The first-order valence-corrected chi connectivity index (χ1v) is 3.06. The van der Waals surface area contributed by atoms with E-state index < -0.39 is 5.97 Å². The highest BCUT2D eigenvalue weighted by Gasteiger charge is 2.03. The summed E-state index contributed by atoms with van der Waals surface area (Å²) in [6, 6.07) is 0. The molecule has 3 nitrogen and oxygen atoms in total. The topological polar surface area (TPSA) is 46.5 Å². The number of hydrogen-bond acceptors (Lipinski definition) is 2.